The van der Waals surface area contributed by atoms with Gasteiger partial charge in [0.2, 0.25) is 0 Å². The van der Waals surface area contributed by atoms with Gasteiger partial charge in [0.25, 0.3) is 0 Å². The summed E-state index contributed by atoms with van der Waals surface area (Å²) < 4.78 is 13.3. The molecule has 0 aliphatic rings. The van der Waals surface area contributed by atoms with Crippen molar-refractivity contribution in [3.8, 4) is 0 Å². The number of hydrogen-bond acceptors (Lipinski definition) is 2. The Bertz CT molecular complexity index is 716. The highest BCUT2D eigenvalue weighted by atomic mass is 19.1. The molecule has 0 aromatic heterocycles. The number of amides is 2. The van der Waals surface area contributed by atoms with Gasteiger partial charge in [0.05, 0.1) is 0 Å². The summed E-state index contributed by atoms with van der Waals surface area (Å²) in [6.45, 7) is 8.00. The molecule has 2 amide bonds. The van der Waals surface area contributed by atoms with E-state index >= 15 is 0 Å². The predicted octanol–water partition coefficient (Wildman–Crippen LogP) is 4.01. The second-order valence-corrected chi connectivity index (χ2v) is 6.37. The fraction of sp³-hybridized carbons (Fsp3) is 0.381. The highest BCUT2D eigenvalue weighted by Gasteiger charge is 2.11. The van der Waals surface area contributed by atoms with Crippen LogP contribution in [-0.2, 0) is 19.6 Å². The Hall–Kier alpha value is -2.40. The van der Waals surface area contributed by atoms with Gasteiger partial charge in [0.1, 0.15) is 5.82 Å². The maximum atomic E-state index is 13.3. The number of nitrogens with one attached hydrogen (secondary N) is 1. The lowest BCUT2D eigenvalue weighted by atomic mass is 10.1. The standard InChI is InChI=1S/C21H28FN3O/c1-4-25(5-2)16-19-11-7-6-10-18(19)14-23-21(26)24(3)15-17-9-8-12-20(22)13-17/h6-13H,4-5,14-16H2,1-3H3,(H,23,26). The van der Waals surface area contributed by atoms with E-state index in [0.717, 1.165) is 30.8 Å². The first-order valence-electron chi connectivity index (χ1n) is 9.06. The van der Waals surface area contributed by atoms with E-state index in [0.29, 0.717) is 13.1 Å². The van der Waals surface area contributed by atoms with Crippen LogP contribution in [0.3, 0.4) is 0 Å². The lowest BCUT2D eigenvalue weighted by Crippen LogP contribution is -2.36. The number of benzene rings is 2. The van der Waals surface area contributed by atoms with Crippen LogP contribution in [0.15, 0.2) is 48.5 Å². The third-order valence-electron chi connectivity index (χ3n) is 4.49. The molecule has 0 saturated carbocycles. The van der Waals surface area contributed by atoms with Crippen molar-refractivity contribution in [1.82, 2.24) is 15.1 Å². The first kappa shape index (κ1) is 19.9. The largest absolute Gasteiger partial charge is 0.334 e. The van der Waals surface area contributed by atoms with Gasteiger partial charge in [0, 0.05) is 26.7 Å². The molecule has 26 heavy (non-hydrogen) atoms. The Morgan fingerprint density at radius 1 is 1.00 bits per heavy atom. The van der Waals surface area contributed by atoms with Crippen LogP contribution in [0.25, 0.3) is 0 Å². The molecule has 0 unspecified atom stereocenters. The van der Waals surface area contributed by atoms with E-state index in [2.05, 4.69) is 30.1 Å². The molecule has 0 heterocycles. The van der Waals surface area contributed by atoms with Crippen molar-refractivity contribution in [1.29, 1.82) is 0 Å². The van der Waals surface area contributed by atoms with Crippen LogP contribution in [0.4, 0.5) is 9.18 Å². The van der Waals surface area contributed by atoms with Crippen molar-refractivity contribution in [2.75, 3.05) is 20.1 Å². The molecule has 0 saturated heterocycles. The molecule has 0 atom stereocenters. The summed E-state index contributed by atoms with van der Waals surface area (Å²) in [5.74, 6) is -0.290. The molecule has 2 rings (SSSR count). The highest BCUT2D eigenvalue weighted by Crippen LogP contribution is 2.12. The van der Waals surface area contributed by atoms with Gasteiger partial charge < -0.3 is 10.2 Å². The molecule has 0 aliphatic heterocycles. The molecular formula is C21H28FN3O. The van der Waals surface area contributed by atoms with Gasteiger partial charge >= 0.3 is 6.03 Å². The zero-order valence-electron chi connectivity index (χ0n) is 15.8. The molecule has 0 bridgehead atoms. The summed E-state index contributed by atoms with van der Waals surface area (Å²) in [7, 11) is 1.71. The van der Waals surface area contributed by atoms with Gasteiger partial charge in [-0.05, 0) is 41.9 Å². The first-order chi connectivity index (χ1) is 12.5. The molecule has 0 spiro atoms. The molecule has 140 valence electrons. The van der Waals surface area contributed by atoms with Crippen molar-refractivity contribution in [2.45, 2.75) is 33.5 Å². The number of carbonyl (C=O) groups excluding carboxylic acids is 1. The second kappa shape index (κ2) is 9.92. The Morgan fingerprint density at radius 2 is 1.69 bits per heavy atom. The molecule has 0 radical (unpaired) electrons. The fourth-order valence-corrected chi connectivity index (χ4v) is 2.86. The Kier molecular flexibility index (Phi) is 7.60. The maximum Gasteiger partial charge on any atom is 0.317 e. The van der Waals surface area contributed by atoms with Gasteiger partial charge in [-0.1, -0.05) is 50.2 Å². The summed E-state index contributed by atoms with van der Waals surface area (Å²) in [4.78, 5) is 16.3. The Labute approximate surface area is 155 Å². The van der Waals surface area contributed by atoms with Gasteiger partial charge in [-0.25, -0.2) is 9.18 Å². The van der Waals surface area contributed by atoms with Gasteiger partial charge in [-0.2, -0.15) is 0 Å². The summed E-state index contributed by atoms with van der Waals surface area (Å²) in [6, 6.07) is 14.3. The van der Waals surface area contributed by atoms with Crippen LogP contribution in [0.5, 0.6) is 0 Å². The van der Waals surface area contributed by atoms with E-state index in [1.165, 1.54) is 17.7 Å². The van der Waals surface area contributed by atoms with E-state index in [-0.39, 0.29) is 11.8 Å². The number of halogens is 1. The number of carbonyl (C=O) groups is 1. The number of rotatable bonds is 8. The summed E-state index contributed by atoms with van der Waals surface area (Å²) in [5, 5.41) is 2.96. The quantitative estimate of drug-likeness (QED) is 0.775. The van der Waals surface area contributed by atoms with Crippen LogP contribution >= 0.6 is 0 Å². The van der Waals surface area contributed by atoms with Gasteiger partial charge in [-0.15, -0.1) is 0 Å². The van der Waals surface area contributed by atoms with E-state index in [1.807, 2.05) is 24.3 Å². The molecular weight excluding hydrogens is 329 g/mol. The molecule has 0 fully saturated rings. The van der Waals surface area contributed by atoms with Crippen LogP contribution in [0.2, 0.25) is 0 Å². The summed E-state index contributed by atoms with van der Waals surface area (Å²) in [6.07, 6.45) is 0. The van der Waals surface area contributed by atoms with Crippen LogP contribution in [-0.4, -0.2) is 36.0 Å². The average molecular weight is 357 g/mol. The third kappa shape index (κ3) is 5.85. The SMILES string of the molecule is CCN(CC)Cc1ccccc1CNC(=O)N(C)Cc1cccc(F)c1. The van der Waals surface area contributed by atoms with Crippen molar-refractivity contribution in [2.24, 2.45) is 0 Å². The topological polar surface area (TPSA) is 35.6 Å². The number of hydrogen-bond donors (Lipinski definition) is 1. The maximum absolute atomic E-state index is 13.3. The van der Waals surface area contributed by atoms with Gasteiger partial charge in [-0.3, -0.25) is 4.90 Å². The van der Waals surface area contributed by atoms with E-state index in [1.54, 1.807) is 18.0 Å². The molecule has 1 N–H and O–H groups in total. The monoisotopic (exact) mass is 357 g/mol. The first-order valence-corrected chi connectivity index (χ1v) is 9.06. The lowest BCUT2D eigenvalue weighted by molar-refractivity contribution is 0.206. The summed E-state index contributed by atoms with van der Waals surface area (Å²) >= 11 is 0. The summed E-state index contributed by atoms with van der Waals surface area (Å²) in [5.41, 5.74) is 3.11. The number of nitrogens with zero attached hydrogens (tertiary/aromatic N) is 2. The second-order valence-electron chi connectivity index (χ2n) is 6.37. The average Bonchev–Trinajstić information content (AvgIpc) is 2.64. The zero-order valence-corrected chi connectivity index (χ0v) is 15.8. The van der Waals surface area contributed by atoms with E-state index in [4.69, 9.17) is 0 Å². The molecule has 5 heteroatoms. The minimum absolute atomic E-state index is 0.174. The van der Waals surface area contributed by atoms with Crippen molar-refractivity contribution < 1.29 is 9.18 Å². The van der Waals surface area contributed by atoms with Crippen molar-refractivity contribution in [3.63, 3.8) is 0 Å². The van der Waals surface area contributed by atoms with Crippen molar-refractivity contribution >= 4 is 6.03 Å². The van der Waals surface area contributed by atoms with E-state index < -0.39 is 0 Å². The highest BCUT2D eigenvalue weighted by molar-refractivity contribution is 5.73. The Balaban J connectivity index is 1.94. The molecule has 2 aromatic carbocycles. The van der Waals surface area contributed by atoms with Crippen LogP contribution < -0.4 is 5.32 Å². The van der Waals surface area contributed by atoms with Crippen molar-refractivity contribution in [3.05, 3.63) is 71.0 Å². The smallest absolute Gasteiger partial charge is 0.317 e. The van der Waals surface area contributed by atoms with Crippen LogP contribution in [0.1, 0.15) is 30.5 Å². The molecule has 2 aromatic rings. The number of urea groups is 1. The normalized spacial score (nSPS) is 10.8. The minimum atomic E-state index is -0.290. The minimum Gasteiger partial charge on any atom is -0.334 e. The zero-order chi connectivity index (χ0) is 18.9. The fourth-order valence-electron chi connectivity index (χ4n) is 2.86. The third-order valence-corrected chi connectivity index (χ3v) is 4.49. The predicted molar refractivity (Wildman–Crippen MR) is 103 cm³/mol. The molecule has 0 aliphatic carbocycles. The molecule has 4 nitrogen and oxygen atoms in total. The van der Waals surface area contributed by atoms with Crippen LogP contribution in [0, 0.1) is 5.82 Å². The van der Waals surface area contributed by atoms with E-state index in [9.17, 15) is 9.18 Å². The Morgan fingerprint density at radius 3 is 2.35 bits per heavy atom. The lowest BCUT2D eigenvalue weighted by Gasteiger charge is -2.21. The van der Waals surface area contributed by atoms with Gasteiger partial charge in [0.15, 0.2) is 0 Å².